The summed E-state index contributed by atoms with van der Waals surface area (Å²) in [5, 5.41) is 0.886. The summed E-state index contributed by atoms with van der Waals surface area (Å²) < 4.78 is 11.4. The minimum Gasteiger partial charge on any atom is -0.482 e. The first kappa shape index (κ1) is 19.5. The zero-order chi connectivity index (χ0) is 19.4. The normalized spacial score (nSPS) is 16.3. The Hall–Kier alpha value is -2.25. The molecule has 9 heteroatoms. The smallest absolute Gasteiger partial charge is 0.260 e. The molecule has 1 aromatic carbocycles. The van der Waals surface area contributed by atoms with Crippen molar-refractivity contribution >= 4 is 34.9 Å². The van der Waals surface area contributed by atoms with E-state index in [4.69, 9.17) is 32.7 Å². The lowest BCUT2D eigenvalue weighted by Gasteiger charge is -2.18. The first-order chi connectivity index (χ1) is 12.9. The average molecular weight is 411 g/mol. The number of aromatic nitrogens is 2. The molecule has 2 heterocycles. The summed E-state index contributed by atoms with van der Waals surface area (Å²) in [7, 11) is 3.77. The van der Waals surface area contributed by atoms with Crippen molar-refractivity contribution < 1.29 is 14.3 Å². The quantitative estimate of drug-likeness (QED) is 0.728. The van der Waals surface area contributed by atoms with Crippen LogP contribution in [0.1, 0.15) is 6.42 Å². The van der Waals surface area contributed by atoms with E-state index in [-0.39, 0.29) is 18.6 Å². The Morgan fingerprint density at radius 3 is 2.89 bits per heavy atom. The Kier molecular flexibility index (Phi) is 6.23. The molecule has 1 fully saturated rings. The van der Waals surface area contributed by atoms with Gasteiger partial charge in [-0.2, -0.15) is 4.98 Å². The maximum atomic E-state index is 12.4. The molecule has 144 valence electrons. The predicted octanol–water partition coefficient (Wildman–Crippen LogP) is 2.91. The van der Waals surface area contributed by atoms with Crippen LogP contribution in [0.2, 0.25) is 10.0 Å². The molecule has 2 aromatic rings. The van der Waals surface area contributed by atoms with Gasteiger partial charge in [0.2, 0.25) is 5.88 Å². The molecule has 0 saturated carbocycles. The lowest BCUT2D eigenvalue weighted by atomic mass is 10.3. The van der Waals surface area contributed by atoms with Gasteiger partial charge in [-0.1, -0.05) is 23.2 Å². The molecule has 1 saturated heterocycles. The fourth-order valence-corrected chi connectivity index (χ4v) is 3.12. The number of benzene rings is 1. The standard InChI is InChI=1S/C18H20Cl2N4O3/c1-23(2)16-8-21-9-17(22-16)27-13-5-6-24(10-13)18(25)11-26-15-4-3-12(19)7-14(15)20/h3-4,7-9,13H,5-6,10-11H2,1-2H3. The van der Waals surface area contributed by atoms with E-state index in [2.05, 4.69) is 9.97 Å². The van der Waals surface area contributed by atoms with Gasteiger partial charge in [-0.25, -0.2) is 0 Å². The van der Waals surface area contributed by atoms with Crippen molar-refractivity contribution in [1.29, 1.82) is 0 Å². The minimum absolute atomic E-state index is 0.0933. The Bertz CT molecular complexity index is 819. The van der Waals surface area contributed by atoms with Gasteiger partial charge < -0.3 is 19.3 Å². The van der Waals surface area contributed by atoms with Crippen LogP contribution in [0.25, 0.3) is 0 Å². The molecular weight excluding hydrogens is 391 g/mol. The van der Waals surface area contributed by atoms with E-state index in [0.29, 0.717) is 40.6 Å². The number of rotatable bonds is 6. The van der Waals surface area contributed by atoms with Crippen molar-refractivity contribution in [2.45, 2.75) is 12.5 Å². The Morgan fingerprint density at radius 1 is 1.33 bits per heavy atom. The highest BCUT2D eigenvalue weighted by Crippen LogP contribution is 2.27. The van der Waals surface area contributed by atoms with Crippen LogP contribution in [0, 0.1) is 0 Å². The van der Waals surface area contributed by atoms with Crippen LogP contribution in [0.4, 0.5) is 5.82 Å². The van der Waals surface area contributed by atoms with E-state index < -0.39 is 0 Å². The lowest BCUT2D eigenvalue weighted by Crippen LogP contribution is -2.34. The van der Waals surface area contributed by atoms with Crippen molar-refractivity contribution in [3.05, 3.63) is 40.6 Å². The van der Waals surface area contributed by atoms with Crippen molar-refractivity contribution in [2.75, 3.05) is 38.7 Å². The summed E-state index contributed by atoms with van der Waals surface area (Å²) in [5.74, 6) is 1.47. The number of carbonyl (C=O) groups excluding carboxylic acids is 1. The van der Waals surface area contributed by atoms with Gasteiger partial charge in [-0.3, -0.25) is 9.78 Å². The molecule has 1 aliphatic heterocycles. The number of carbonyl (C=O) groups is 1. The number of amides is 1. The second-order valence-corrected chi connectivity index (χ2v) is 7.19. The Balaban J connectivity index is 1.51. The number of hydrogen-bond donors (Lipinski definition) is 0. The second kappa shape index (κ2) is 8.63. The molecule has 0 spiro atoms. The van der Waals surface area contributed by atoms with Gasteiger partial charge >= 0.3 is 0 Å². The zero-order valence-electron chi connectivity index (χ0n) is 15.1. The van der Waals surface area contributed by atoms with Gasteiger partial charge in [-0.15, -0.1) is 0 Å². The molecule has 0 N–H and O–H groups in total. The Morgan fingerprint density at radius 2 is 2.15 bits per heavy atom. The number of hydrogen-bond acceptors (Lipinski definition) is 6. The summed E-state index contributed by atoms with van der Waals surface area (Å²) >= 11 is 11.9. The highest BCUT2D eigenvalue weighted by molar-refractivity contribution is 6.35. The molecule has 1 atom stereocenters. The van der Waals surface area contributed by atoms with E-state index in [0.717, 1.165) is 6.42 Å². The molecular formula is C18H20Cl2N4O3. The molecule has 1 aromatic heterocycles. The van der Waals surface area contributed by atoms with Crippen molar-refractivity contribution in [1.82, 2.24) is 14.9 Å². The maximum Gasteiger partial charge on any atom is 0.260 e. The van der Waals surface area contributed by atoms with Crippen LogP contribution < -0.4 is 14.4 Å². The summed E-state index contributed by atoms with van der Waals surface area (Å²) in [6.07, 6.45) is 3.83. The number of ether oxygens (including phenoxy) is 2. The number of likely N-dealkylation sites (tertiary alicyclic amines) is 1. The van der Waals surface area contributed by atoms with Crippen LogP contribution in [0.3, 0.4) is 0 Å². The van der Waals surface area contributed by atoms with Crippen molar-refractivity contribution in [2.24, 2.45) is 0 Å². The first-order valence-electron chi connectivity index (χ1n) is 8.44. The third-order valence-electron chi connectivity index (χ3n) is 4.09. The molecule has 7 nitrogen and oxygen atoms in total. The van der Waals surface area contributed by atoms with Crippen molar-refractivity contribution in [3.8, 4) is 11.6 Å². The topological polar surface area (TPSA) is 67.8 Å². The van der Waals surface area contributed by atoms with Crippen LogP contribution in [0.5, 0.6) is 11.6 Å². The van der Waals surface area contributed by atoms with Crippen LogP contribution >= 0.6 is 23.2 Å². The third-order valence-corrected chi connectivity index (χ3v) is 4.62. The van der Waals surface area contributed by atoms with Gasteiger partial charge in [0.1, 0.15) is 11.9 Å². The monoisotopic (exact) mass is 410 g/mol. The van der Waals surface area contributed by atoms with E-state index in [1.54, 1.807) is 35.5 Å². The average Bonchev–Trinajstić information content (AvgIpc) is 3.09. The molecule has 1 unspecified atom stereocenters. The minimum atomic E-state index is -0.125. The fourth-order valence-electron chi connectivity index (χ4n) is 2.66. The van der Waals surface area contributed by atoms with Gasteiger partial charge in [0.05, 0.1) is 24.0 Å². The Labute approximate surface area is 167 Å². The highest BCUT2D eigenvalue weighted by Gasteiger charge is 2.28. The summed E-state index contributed by atoms with van der Waals surface area (Å²) in [4.78, 5) is 24.5. The van der Waals surface area contributed by atoms with E-state index in [1.807, 2.05) is 19.0 Å². The van der Waals surface area contributed by atoms with Gasteiger partial charge in [0.25, 0.3) is 5.91 Å². The summed E-state index contributed by atoms with van der Waals surface area (Å²) in [6.45, 7) is 0.983. The van der Waals surface area contributed by atoms with Gasteiger partial charge in [0, 0.05) is 32.1 Å². The van der Waals surface area contributed by atoms with Crippen LogP contribution in [0.15, 0.2) is 30.6 Å². The van der Waals surface area contributed by atoms with Gasteiger partial charge in [0.15, 0.2) is 12.4 Å². The number of anilines is 1. The van der Waals surface area contributed by atoms with Crippen LogP contribution in [-0.2, 0) is 4.79 Å². The third kappa shape index (κ3) is 5.14. The SMILES string of the molecule is CN(C)c1cncc(OC2CCN(C(=O)COc3ccc(Cl)cc3Cl)C2)n1. The lowest BCUT2D eigenvalue weighted by molar-refractivity contribution is -0.132. The fraction of sp³-hybridized carbons (Fsp3) is 0.389. The van der Waals surface area contributed by atoms with Gasteiger partial charge in [-0.05, 0) is 18.2 Å². The highest BCUT2D eigenvalue weighted by atomic mass is 35.5. The molecule has 27 heavy (non-hydrogen) atoms. The summed E-state index contributed by atoms with van der Waals surface area (Å²) in [5.41, 5.74) is 0. The molecule has 1 aliphatic rings. The molecule has 3 rings (SSSR count). The zero-order valence-corrected chi connectivity index (χ0v) is 16.6. The second-order valence-electron chi connectivity index (χ2n) is 6.34. The summed E-state index contributed by atoms with van der Waals surface area (Å²) in [6, 6.07) is 4.88. The molecule has 0 bridgehead atoms. The predicted molar refractivity (Wildman–Crippen MR) is 104 cm³/mol. The molecule has 0 aliphatic carbocycles. The largest absolute Gasteiger partial charge is 0.482 e. The maximum absolute atomic E-state index is 12.4. The van der Waals surface area contributed by atoms with E-state index in [1.165, 1.54) is 0 Å². The number of halogens is 2. The molecule has 1 amide bonds. The van der Waals surface area contributed by atoms with E-state index in [9.17, 15) is 4.79 Å². The van der Waals surface area contributed by atoms with Crippen LogP contribution in [-0.4, -0.2) is 60.7 Å². The van der Waals surface area contributed by atoms with Crippen molar-refractivity contribution in [3.63, 3.8) is 0 Å². The first-order valence-corrected chi connectivity index (χ1v) is 9.19. The van der Waals surface area contributed by atoms with E-state index >= 15 is 0 Å². The number of nitrogens with zero attached hydrogens (tertiary/aromatic N) is 4. The molecule has 0 radical (unpaired) electrons.